The molecule has 4 aromatic rings. The Morgan fingerprint density at radius 1 is 0.970 bits per heavy atom. The molecule has 1 aromatic heterocycles. The highest BCUT2D eigenvalue weighted by atomic mass is 35.5. The number of halogens is 2. The van der Waals surface area contributed by atoms with Crippen molar-refractivity contribution in [1.82, 2.24) is 14.9 Å². The van der Waals surface area contributed by atoms with E-state index >= 15 is 0 Å². The fourth-order valence-corrected chi connectivity index (χ4v) is 4.46. The van der Waals surface area contributed by atoms with Crippen molar-refractivity contribution in [2.24, 2.45) is 0 Å². The van der Waals surface area contributed by atoms with Crippen molar-refractivity contribution in [1.29, 1.82) is 0 Å². The van der Waals surface area contributed by atoms with Crippen LogP contribution in [0.2, 0.25) is 10.0 Å². The number of anilines is 1. The molecule has 1 fully saturated rings. The van der Waals surface area contributed by atoms with Crippen molar-refractivity contribution in [3.8, 4) is 17.1 Å². The number of benzene rings is 3. The molecule has 0 bridgehead atoms. The average Bonchev–Trinajstić information content (AvgIpc) is 3.26. The number of hydrogen-bond donors (Lipinski definition) is 1. The minimum Gasteiger partial charge on any atom is -0.495 e. The first-order valence-corrected chi connectivity index (χ1v) is 11.4. The summed E-state index contributed by atoms with van der Waals surface area (Å²) in [5.41, 5.74) is 4.16. The number of rotatable bonds is 4. The third-order valence-corrected chi connectivity index (χ3v) is 6.64. The minimum absolute atomic E-state index is 0.0318. The molecule has 0 atom stereocenters. The molecule has 168 valence electrons. The van der Waals surface area contributed by atoms with Crippen LogP contribution in [0.4, 0.5) is 5.69 Å². The third-order valence-electron chi connectivity index (χ3n) is 5.92. The predicted octanol–water partition coefficient (Wildman–Crippen LogP) is 5.51. The first-order valence-electron chi connectivity index (χ1n) is 10.7. The number of amides is 1. The second-order valence-corrected chi connectivity index (χ2v) is 8.71. The number of aromatic amines is 1. The molecule has 6 nitrogen and oxygen atoms in total. The van der Waals surface area contributed by atoms with E-state index in [9.17, 15) is 4.79 Å². The van der Waals surface area contributed by atoms with Gasteiger partial charge < -0.3 is 19.5 Å². The van der Waals surface area contributed by atoms with Crippen LogP contribution in [0.3, 0.4) is 0 Å². The normalized spacial score (nSPS) is 14.0. The van der Waals surface area contributed by atoms with Gasteiger partial charge in [-0.25, -0.2) is 4.98 Å². The van der Waals surface area contributed by atoms with E-state index in [-0.39, 0.29) is 5.91 Å². The third kappa shape index (κ3) is 4.24. The highest BCUT2D eigenvalue weighted by Crippen LogP contribution is 2.30. The number of piperazine rings is 1. The lowest BCUT2D eigenvalue weighted by molar-refractivity contribution is 0.0746. The van der Waals surface area contributed by atoms with Gasteiger partial charge in [0.25, 0.3) is 5.91 Å². The van der Waals surface area contributed by atoms with Crippen molar-refractivity contribution >= 4 is 45.8 Å². The van der Waals surface area contributed by atoms with E-state index in [1.165, 1.54) is 0 Å². The Morgan fingerprint density at radius 2 is 1.67 bits per heavy atom. The molecule has 0 radical (unpaired) electrons. The lowest BCUT2D eigenvalue weighted by Gasteiger charge is -2.36. The Bertz CT molecular complexity index is 1270. The first-order chi connectivity index (χ1) is 16.0. The Labute approximate surface area is 201 Å². The highest BCUT2D eigenvalue weighted by Gasteiger charge is 2.23. The average molecular weight is 481 g/mol. The summed E-state index contributed by atoms with van der Waals surface area (Å²) in [6, 6.07) is 19.0. The van der Waals surface area contributed by atoms with Crippen molar-refractivity contribution in [3.05, 3.63) is 76.3 Å². The van der Waals surface area contributed by atoms with Crippen LogP contribution in [0, 0.1) is 0 Å². The lowest BCUT2D eigenvalue weighted by atomic mass is 10.1. The number of nitrogens with zero attached hydrogens (tertiary/aromatic N) is 3. The van der Waals surface area contributed by atoms with Crippen LogP contribution >= 0.6 is 23.2 Å². The fraction of sp³-hybridized carbons (Fsp3) is 0.200. The fourth-order valence-electron chi connectivity index (χ4n) is 4.14. The highest BCUT2D eigenvalue weighted by molar-refractivity contribution is 6.42. The number of imidazole rings is 1. The molecule has 3 aromatic carbocycles. The molecule has 0 saturated carbocycles. The van der Waals surface area contributed by atoms with Gasteiger partial charge >= 0.3 is 0 Å². The van der Waals surface area contributed by atoms with Gasteiger partial charge in [-0.3, -0.25) is 4.79 Å². The first kappa shape index (κ1) is 21.6. The predicted molar refractivity (Wildman–Crippen MR) is 133 cm³/mol. The van der Waals surface area contributed by atoms with E-state index < -0.39 is 0 Å². The standard InChI is InChI=1S/C25H22Cl2N4O2/c1-33-23-5-3-2-4-22(23)30-10-12-31(13-11-30)25(32)17-8-6-16(7-9-17)24-28-20-14-18(26)19(27)15-21(20)29-24/h2-9,14-15H,10-13H2,1H3,(H,28,29). The number of fused-ring (bicyclic) bond motifs is 1. The van der Waals surface area contributed by atoms with Crippen LogP contribution in [-0.2, 0) is 0 Å². The zero-order chi connectivity index (χ0) is 22.9. The molecule has 8 heteroatoms. The smallest absolute Gasteiger partial charge is 0.253 e. The van der Waals surface area contributed by atoms with E-state index in [4.69, 9.17) is 27.9 Å². The maximum absolute atomic E-state index is 13.1. The van der Waals surface area contributed by atoms with Gasteiger partial charge in [0.1, 0.15) is 11.6 Å². The van der Waals surface area contributed by atoms with E-state index in [1.54, 1.807) is 19.2 Å². The molecule has 1 saturated heterocycles. The Morgan fingerprint density at radius 3 is 2.39 bits per heavy atom. The largest absolute Gasteiger partial charge is 0.495 e. The second kappa shape index (κ2) is 8.96. The molecule has 1 N–H and O–H groups in total. The number of para-hydroxylation sites is 2. The summed E-state index contributed by atoms with van der Waals surface area (Å²) in [7, 11) is 1.68. The molecule has 0 unspecified atom stereocenters. The van der Waals surface area contributed by atoms with E-state index in [0.717, 1.165) is 41.1 Å². The number of carbonyl (C=O) groups excluding carboxylic acids is 1. The van der Waals surface area contributed by atoms with E-state index in [1.807, 2.05) is 47.4 Å². The summed E-state index contributed by atoms with van der Waals surface area (Å²) in [6.45, 7) is 2.83. The number of methoxy groups -OCH3 is 1. The number of aromatic nitrogens is 2. The zero-order valence-corrected chi connectivity index (χ0v) is 19.5. The molecule has 0 spiro atoms. The molecular formula is C25H22Cl2N4O2. The molecule has 1 aliphatic heterocycles. The molecular weight excluding hydrogens is 459 g/mol. The van der Waals surface area contributed by atoms with Crippen molar-refractivity contribution in [2.75, 3.05) is 38.2 Å². The van der Waals surface area contributed by atoms with Gasteiger partial charge in [-0.15, -0.1) is 0 Å². The van der Waals surface area contributed by atoms with Crippen molar-refractivity contribution < 1.29 is 9.53 Å². The van der Waals surface area contributed by atoms with Crippen molar-refractivity contribution in [2.45, 2.75) is 0 Å². The van der Waals surface area contributed by atoms with Crippen molar-refractivity contribution in [3.63, 3.8) is 0 Å². The Balaban J connectivity index is 1.28. The second-order valence-electron chi connectivity index (χ2n) is 7.90. The minimum atomic E-state index is 0.0318. The summed E-state index contributed by atoms with van der Waals surface area (Å²) in [5.74, 6) is 1.58. The van der Waals surface area contributed by atoms with Gasteiger partial charge in [-0.05, 0) is 36.4 Å². The Hall–Kier alpha value is -3.22. The van der Waals surface area contributed by atoms with Gasteiger partial charge in [-0.1, -0.05) is 47.5 Å². The number of ether oxygens (including phenoxy) is 1. The molecule has 0 aliphatic carbocycles. The Kier molecular flexibility index (Phi) is 5.87. The zero-order valence-electron chi connectivity index (χ0n) is 18.0. The molecule has 5 rings (SSSR count). The van der Waals surface area contributed by atoms with Crippen LogP contribution in [0.1, 0.15) is 10.4 Å². The van der Waals surface area contributed by atoms with Crippen LogP contribution < -0.4 is 9.64 Å². The van der Waals surface area contributed by atoms with Gasteiger partial charge in [0.05, 0.1) is 33.9 Å². The summed E-state index contributed by atoms with van der Waals surface area (Å²) in [5, 5.41) is 0.945. The summed E-state index contributed by atoms with van der Waals surface area (Å²) in [4.78, 5) is 25.1. The quantitative estimate of drug-likeness (QED) is 0.418. The van der Waals surface area contributed by atoms with Crippen LogP contribution in [0.5, 0.6) is 5.75 Å². The van der Waals surface area contributed by atoms with Crippen LogP contribution in [0.15, 0.2) is 60.7 Å². The van der Waals surface area contributed by atoms with Gasteiger partial charge in [0, 0.05) is 37.3 Å². The van der Waals surface area contributed by atoms with E-state index in [0.29, 0.717) is 34.5 Å². The SMILES string of the molecule is COc1ccccc1N1CCN(C(=O)c2ccc(-c3nc4cc(Cl)c(Cl)cc4[nH]3)cc2)CC1. The maximum atomic E-state index is 13.1. The number of carbonyl (C=O) groups is 1. The molecule has 1 aliphatic rings. The number of H-pyrrole nitrogens is 1. The van der Waals surface area contributed by atoms with Crippen LogP contribution in [-0.4, -0.2) is 54.1 Å². The maximum Gasteiger partial charge on any atom is 0.253 e. The summed E-state index contributed by atoms with van der Waals surface area (Å²) in [6.07, 6.45) is 0. The van der Waals surface area contributed by atoms with E-state index in [2.05, 4.69) is 20.9 Å². The van der Waals surface area contributed by atoms with Crippen LogP contribution in [0.25, 0.3) is 22.4 Å². The lowest BCUT2D eigenvalue weighted by Crippen LogP contribution is -2.48. The monoisotopic (exact) mass is 480 g/mol. The molecule has 33 heavy (non-hydrogen) atoms. The number of nitrogens with one attached hydrogen (secondary N) is 1. The van der Waals surface area contributed by atoms with Gasteiger partial charge in [0.2, 0.25) is 0 Å². The molecule has 2 heterocycles. The van der Waals surface area contributed by atoms with Gasteiger partial charge in [-0.2, -0.15) is 0 Å². The van der Waals surface area contributed by atoms with Gasteiger partial charge in [0.15, 0.2) is 0 Å². The summed E-state index contributed by atoms with van der Waals surface area (Å²) >= 11 is 12.2. The molecule has 1 amide bonds. The number of hydrogen-bond acceptors (Lipinski definition) is 4. The summed E-state index contributed by atoms with van der Waals surface area (Å²) < 4.78 is 5.48. The topological polar surface area (TPSA) is 61.5 Å².